The number of primary amides is 1. The van der Waals surface area contributed by atoms with Gasteiger partial charge >= 0.3 is 18.3 Å². The van der Waals surface area contributed by atoms with Gasteiger partial charge in [-0.25, -0.2) is 4.79 Å². The number of esters is 1. The molecule has 1 atom stereocenters. The van der Waals surface area contributed by atoms with Crippen molar-refractivity contribution in [2.75, 3.05) is 0 Å². The van der Waals surface area contributed by atoms with Crippen molar-refractivity contribution in [3.8, 4) is 0 Å². The lowest BCUT2D eigenvalue weighted by Crippen LogP contribution is -2.30. The second-order valence-electron chi connectivity index (χ2n) is 4.24. The minimum atomic E-state index is -5.09. The van der Waals surface area contributed by atoms with Crippen LogP contribution < -0.4 is 5.73 Å². The van der Waals surface area contributed by atoms with E-state index in [0.29, 0.717) is 0 Å². The van der Waals surface area contributed by atoms with Gasteiger partial charge < -0.3 is 10.5 Å². The molecule has 0 saturated heterocycles. The van der Waals surface area contributed by atoms with Crippen molar-refractivity contribution in [3.63, 3.8) is 0 Å². The van der Waals surface area contributed by atoms with Gasteiger partial charge in [0.05, 0.1) is 16.7 Å². The molecule has 0 aromatic heterocycles. The van der Waals surface area contributed by atoms with Crippen LogP contribution in [0.5, 0.6) is 0 Å². The number of hydrogen-bond donors (Lipinski definition) is 1. The Kier molecular flexibility index (Phi) is 4.73. The molecule has 0 bridgehead atoms. The van der Waals surface area contributed by atoms with Crippen LogP contribution in [0.3, 0.4) is 0 Å². The molecule has 122 valence electrons. The third kappa shape index (κ3) is 4.37. The minimum absolute atomic E-state index is 0.131. The summed E-state index contributed by atoms with van der Waals surface area (Å²) in [6, 6.07) is 0.269. The Morgan fingerprint density at radius 2 is 1.41 bits per heavy atom. The first kappa shape index (κ1) is 17.8. The Labute approximate surface area is 119 Å². The molecule has 1 amide bonds. The zero-order chi connectivity index (χ0) is 17.3. The van der Waals surface area contributed by atoms with Gasteiger partial charge in [-0.15, -0.1) is 0 Å². The number of alkyl halides is 6. The molecule has 1 aromatic carbocycles. The van der Waals surface area contributed by atoms with E-state index < -0.39 is 47.0 Å². The fraction of sp³-hybridized carbons (Fsp3) is 0.333. The highest BCUT2D eigenvalue weighted by molar-refractivity contribution is 5.92. The highest BCUT2D eigenvalue weighted by Crippen LogP contribution is 2.36. The Morgan fingerprint density at radius 1 is 1.00 bits per heavy atom. The summed E-state index contributed by atoms with van der Waals surface area (Å²) in [5.41, 5.74) is 0.463. The van der Waals surface area contributed by atoms with Crippen LogP contribution in [-0.4, -0.2) is 18.0 Å². The highest BCUT2D eigenvalue weighted by Gasteiger charge is 2.37. The fourth-order valence-corrected chi connectivity index (χ4v) is 1.36. The lowest BCUT2D eigenvalue weighted by molar-refractivity contribution is -0.143. The molecule has 1 aromatic rings. The largest absolute Gasteiger partial charge is 0.449 e. The average Bonchev–Trinajstić information content (AvgIpc) is 2.35. The molecular weight excluding hydrogens is 320 g/mol. The van der Waals surface area contributed by atoms with Crippen molar-refractivity contribution in [2.45, 2.75) is 25.4 Å². The van der Waals surface area contributed by atoms with E-state index in [1.54, 1.807) is 0 Å². The van der Waals surface area contributed by atoms with Gasteiger partial charge in [0.2, 0.25) is 0 Å². The summed E-state index contributed by atoms with van der Waals surface area (Å²) in [6.07, 6.45) is -11.7. The van der Waals surface area contributed by atoms with E-state index in [1.807, 2.05) is 0 Å². The molecule has 0 unspecified atom stereocenters. The molecule has 0 spiro atoms. The smallest absolute Gasteiger partial charge is 0.416 e. The maximum absolute atomic E-state index is 12.6. The van der Waals surface area contributed by atoms with Crippen LogP contribution in [0.1, 0.15) is 28.4 Å². The van der Waals surface area contributed by atoms with Crippen molar-refractivity contribution in [1.82, 2.24) is 0 Å². The second kappa shape index (κ2) is 5.85. The van der Waals surface area contributed by atoms with Crippen molar-refractivity contribution in [1.29, 1.82) is 0 Å². The molecular formula is C12H9F6NO3. The van der Waals surface area contributed by atoms with Crippen LogP contribution in [-0.2, 0) is 21.9 Å². The number of nitrogens with two attached hydrogens (primary N) is 1. The summed E-state index contributed by atoms with van der Waals surface area (Å²) in [5.74, 6) is -2.63. The summed E-state index contributed by atoms with van der Waals surface area (Å²) < 4.78 is 80.0. The molecule has 10 heteroatoms. The van der Waals surface area contributed by atoms with Gasteiger partial charge in [-0.3, -0.25) is 4.79 Å². The summed E-state index contributed by atoms with van der Waals surface area (Å²) >= 11 is 0. The average molecular weight is 329 g/mol. The molecule has 0 fully saturated rings. The predicted octanol–water partition coefficient (Wildman–Crippen LogP) is 2.75. The van der Waals surface area contributed by atoms with E-state index in [4.69, 9.17) is 5.73 Å². The first-order chi connectivity index (χ1) is 9.82. The zero-order valence-corrected chi connectivity index (χ0v) is 10.9. The van der Waals surface area contributed by atoms with Crippen LogP contribution in [0.4, 0.5) is 26.3 Å². The lowest BCUT2D eigenvalue weighted by atomic mass is 10.0. The topological polar surface area (TPSA) is 69.4 Å². The lowest BCUT2D eigenvalue weighted by Gasteiger charge is -2.15. The predicted molar refractivity (Wildman–Crippen MR) is 60.5 cm³/mol. The molecule has 0 aliphatic carbocycles. The number of carbonyl (C=O) groups excluding carboxylic acids is 2. The molecule has 0 aliphatic heterocycles. The Hall–Kier alpha value is -2.26. The zero-order valence-electron chi connectivity index (χ0n) is 10.9. The van der Waals surface area contributed by atoms with Gasteiger partial charge in [0, 0.05) is 0 Å². The third-order valence-electron chi connectivity index (χ3n) is 2.51. The van der Waals surface area contributed by atoms with E-state index in [-0.39, 0.29) is 18.2 Å². The molecule has 1 rings (SSSR count). The van der Waals surface area contributed by atoms with E-state index in [2.05, 4.69) is 4.74 Å². The number of rotatable bonds is 3. The van der Waals surface area contributed by atoms with Gasteiger partial charge in [0.25, 0.3) is 5.91 Å². The third-order valence-corrected chi connectivity index (χ3v) is 2.51. The number of benzene rings is 1. The van der Waals surface area contributed by atoms with Crippen LogP contribution in [0.15, 0.2) is 18.2 Å². The van der Waals surface area contributed by atoms with E-state index in [1.165, 1.54) is 0 Å². The summed E-state index contributed by atoms with van der Waals surface area (Å²) in [5, 5.41) is 0. The van der Waals surface area contributed by atoms with Crippen LogP contribution >= 0.6 is 0 Å². The second-order valence-corrected chi connectivity index (χ2v) is 4.24. The van der Waals surface area contributed by atoms with Gasteiger partial charge in [0.15, 0.2) is 6.10 Å². The van der Waals surface area contributed by atoms with Gasteiger partial charge in [0.1, 0.15) is 0 Å². The maximum Gasteiger partial charge on any atom is 0.416 e. The fourth-order valence-electron chi connectivity index (χ4n) is 1.36. The van der Waals surface area contributed by atoms with Gasteiger partial charge in [-0.2, -0.15) is 26.3 Å². The Morgan fingerprint density at radius 3 is 1.73 bits per heavy atom. The quantitative estimate of drug-likeness (QED) is 0.685. The molecule has 0 heterocycles. The Bertz CT molecular complexity index is 561. The molecule has 0 aliphatic rings. The first-order valence-corrected chi connectivity index (χ1v) is 5.62. The number of ether oxygens (including phenoxy) is 1. The molecule has 0 radical (unpaired) electrons. The van der Waals surface area contributed by atoms with Gasteiger partial charge in [-0.05, 0) is 25.1 Å². The molecule has 2 N–H and O–H groups in total. The van der Waals surface area contributed by atoms with Crippen LogP contribution in [0, 0.1) is 0 Å². The van der Waals surface area contributed by atoms with E-state index >= 15 is 0 Å². The van der Waals surface area contributed by atoms with E-state index in [0.717, 1.165) is 6.92 Å². The summed E-state index contributed by atoms with van der Waals surface area (Å²) in [7, 11) is 0. The van der Waals surface area contributed by atoms with Crippen molar-refractivity contribution in [2.24, 2.45) is 5.73 Å². The normalized spacial score (nSPS) is 13.6. The standard InChI is InChI=1S/C12H9F6NO3/c1-5(9(19)20)22-10(21)6-2-7(11(13,14)15)4-8(3-6)12(16,17)18/h2-5H,1H3,(H2,19,20)/t5-/m1/s1. The van der Waals surface area contributed by atoms with Gasteiger partial charge in [-0.1, -0.05) is 0 Å². The number of carbonyl (C=O) groups is 2. The van der Waals surface area contributed by atoms with Crippen molar-refractivity contribution < 1.29 is 40.7 Å². The number of amides is 1. The number of hydrogen-bond acceptors (Lipinski definition) is 3. The van der Waals surface area contributed by atoms with Crippen LogP contribution in [0.2, 0.25) is 0 Å². The van der Waals surface area contributed by atoms with E-state index in [9.17, 15) is 35.9 Å². The summed E-state index contributed by atoms with van der Waals surface area (Å²) in [6.45, 7) is 1.03. The monoisotopic (exact) mass is 329 g/mol. The first-order valence-electron chi connectivity index (χ1n) is 5.62. The van der Waals surface area contributed by atoms with Crippen molar-refractivity contribution >= 4 is 11.9 Å². The molecule has 0 saturated carbocycles. The maximum atomic E-state index is 12.6. The van der Waals surface area contributed by atoms with Crippen molar-refractivity contribution in [3.05, 3.63) is 34.9 Å². The SMILES string of the molecule is C[C@@H](OC(=O)c1cc(C(F)(F)F)cc(C(F)(F)F)c1)C(N)=O. The number of halogens is 6. The highest BCUT2D eigenvalue weighted by atomic mass is 19.4. The molecule has 4 nitrogen and oxygen atoms in total. The molecule has 22 heavy (non-hydrogen) atoms. The minimum Gasteiger partial charge on any atom is -0.449 e. The Balaban J connectivity index is 3.30. The summed E-state index contributed by atoms with van der Waals surface area (Å²) in [4.78, 5) is 22.3. The van der Waals surface area contributed by atoms with Crippen LogP contribution in [0.25, 0.3) is 0 Å².